The van der Waals surface area contributed by atoms with E-state index >= 15 is 0 Å². The fourth-order valence-corrected chi connectivity index (χ4v) is 10.0. The maximum Gasteiger partial charge on any atom is 0.434 e. The van der Waals surface area contributed by atoms with Crippen LogP contribution in [0.3, 0.4) is 0 Å². The Morgan fingerprint density at radius 3 is 2.71 bits per heavy atom. The molecule has 3 fully saturated rings. The second kappa shape index (κ2) is 11.0. The van der Waals surface area contributed by atoms with Gasteiger partial charge in [-0.15, -0.1) is 16.4 Å². The van der Waals surface area contributed by atoms with Gasteiger partial charge < -0.3 is 19.4 Å². The van der Waals surface area contributed by atoms with Gasteiger partial charge in [-0.3, -0.25) is 14.8 Å². The van der Waals surface area contributed by atoms with Crippen molar-refractivity contribution < 1.29 is 22.7 Å². The number of aromatic nitrogens is 4. The highest BCUT2D eigenvalue weighted by Gasteiger charge is 2.65. The highest BCUT2D eigenvalue weighted by molar-refractivity contribution is 7.22. The van der Waals surface area contributed by atoms with E-state index in [1.54, 1.807) is 18.3 Å². The molecule has 2 saturated heterocycles. The number of halogens is 2. The maximum absolute atomic E-state index is 14.5. The standard InChI is InChI=1S/C38H30F2N6O4S/c1-49-32-22-8-11-24(21(22)7-9-23(32)40)42-26-12-13-41-27-14-28(51-33(26)27)30-29(35-44-45-37(48)50-35)25(10-4-18-2-5-20(39)6-3-18)43-34-31(30)36(47)46-17-19-15-38(34,46)16-19/h2-3,5-7,9,12-14,19,24H,4,8,10-11,15-17H2,1H3,(H,41,42)(H,45,48)/t19?,24-,38?/m0/s1. The number of pyridine rings is 2. The zero-order chi connectivity index (χ0) is 34.6. The molecule has 2 aromatic carbocycles. The minimum Gasteiger partial charge on any atom is -0.493 e. The van der Waals surface area contributed by atoms with Crippen LogP contribution in [0, 0.1) is 17.6 Å². The molecular formula is C38H30F2N6O4S. The van der Waals surface area contributed by atoms with E-state index in [1.165, 1.54) is 36.6 Å². The first-order valence-electron chi connectivity index (χ1n) is 17.0. The Kier molecular flexibility index (Phi) is 6.58. The van der Waals surface area contributed by atoms with Crippen molar-refractivity contribution in [2.75, 3.05) is 19.0 Å². The number of aromatic amines is 1. The monoisotopic (exact) mass is 704 g/mol. The lowest BCUT2D eigenvalue weighted by Crippen LogP contribution is -2.40. The smallest absolute Gasteiger partial charge is 0.434 e. The van der Waals surface area contributed by atoms with E-state index in [-0.39, 0.29) is 35.2 Å². The number of carbonyl (C=O) groups is 1. The molecule has 3 aliphatic heterocycles. The Labute approximate surface area is 293 Å². The van der Waals surface area contributed by atoms with E-state index in [2.05, 4.69) is 15.5 Å². The van der Waals surface area contributed by atoms with E-state index < -0.39 is 11.3 Å². The first-order valence-corrected chi connectivity index (χ1v) is 17.8. The molecule has 1 atom stereocenters. The van der Waals surface area contributed by atoms with Crippen molar-refractivity contribution in [2.45, 2.75) is 50.1 Å². The number of amides is 1. The van der Waals surface area contributed by atoms with Gasteiger partial charge >= 0.3 is 5.76 Å². The number of methoxy groups -OCH3 is 1. The number of H-pyrrole nitrogens is 1. The fourth-order valence-electron chi connectivity index (χ4n) is 8.88. The molecule has 5 aliphatic rings. The lowest BCUT2D eigenvalue weighted by atomic mass is 9.71. The van der Waals surface area contributed by atoms with Gasteiger partial charge in [0.2, 0.25) is 0 Å². The summed E-state index contributed by atoms with van der Waals surface area (Å²) in [6.45, 7) is 0.686. The molecule has 1 amide bonds. The number of anilines is 1. The van der Waals surface area contributed by atoms with Gasteiger partial charge in [-0.1, -0.05) is 18.2 Å². The van der Waals surface area contributed by atoms with Crippen LogP contribution in [0.15, 0.2) is 63.9 Å². The van der Waals surface area contributed by atoms with Crippen LogP contribution in [0.4, 0.5) is 14.5 Å². The number of aryl methyl sites for hydroxylation is 2. The number of carbonyl (C=O) groups excluding carboxylic acids is 1. The number of ether oxygens (including phenoxy) is 1. The van der Waals surface area contributed by atoms with Crippen LogP contribution in [0.2, 0.25) is 0 Å². The largest absolute Gasteiger partial charge is 0.493 e. The van der Waals surface area contributed by atoms with Crippen LogP contribution < -0.4 is 15.8 Å². The van der Waals surface area contributed by atoms with Gasteiger partial charge in [0.1, 0.15) is 5.82 Å². The van der Waals surface area contributed by atoms with E-state index in [0.717, 1.165) is 62.4 Å². The Morgan fingerprint density at radius 1 is 1.08 bits per heavy atom. The van der Waals surface area contributed by atoms with Crippen LogP contribution in [-0.4, -0.2) is 44.6 Å². The third-order valence-electron chi connectivity index (χ3n) is 11.1. The summed E-state index contributed by atoms with van der Waals surface area (Å²) in [5.74, 6) is -0.683. The first-order chi connectivity index (χ1) is 24.8. The molecule has 0 unspecified atom stereocenters. The molecule has 4 aromatic heterocycles. The molecule has 10 nitrogen and oxygen atoms in total. The van der Waals surface area contributed by atoms with Crippen LogP contribution >= 0.6 is 11.3 Å². The number of hydrogen-bond donors (Lipinski definition) is 2. The van der Waals surface area contributed by atoms with Gasteiger partial charge in [-0.25, -0.2) is 18.7 Å². The highest BCUT2D eigenvalue weighted by Crippen LogP contribution is 2.63. The van der Waals surface area contributed by atoms with Crippen molar-refractivity contribution in [3.05, 3.63) is 111 Å². The molecule has 1 saturated carbocycles. The normalized spacial score (nSPS) is 21.2. The Morgan fingerprint density at radius 2 is 1.92 bits per heavy atom. The molecule has 6 aromatic rings. The van der Waals surface area contributed by atoms with Crippen molar-refractivity contribution in [1.29, 1.82) is 0 Å². The quantitative estimate of drug-likeness (QED) is 0.175. The predicted molar refractivity (Wildman–Crippen MR) is 186 cm³/mol. The molecule has 0 radical (unpaired) electrons. The fraction of sp³-hybridized carbons (Fsp3) is 0.289. The van der Waals surface area contributed by atoms with E-state index in [0.29, 0.717) is 54.1 Å². The lowest BCUT2D eigenvalue weighted by Gasteiger charge is -2.37. The molecular weight excluding hydrogens is 675 g/mol. The first kappa shape index (κ1) is 30.4. The minimum atomic E-state index is -0.717. The zero-order valence-electron chi connectivity index (χ0n) is 27.4. The average molecular weight is 705 g/mol. The number of thiophene rings is 1. The Balaban J connectivity index is 1.14. The molecule has 2 aliphatic carbocycles. The summed E-state index contributed by atoms with van der Waals surface area (Å²) < 4.78 is 40.1. The summed E-state index contributed by atoms with van der Waals surface area (Å²) in [4.78, 5) is 39.5. The Bertz CT molecular complexity index is 2490. The summed E-state index contributed by atoms with van der Waals surface area (Å²) in [5, 5.41) is 10.3. The van der Waals surface area contributed by atoms with Crippen molar-refractivity contribution in [2.24, 2.45) is 5.92 Å². The third-order valence-corrected chi connectivity index (χ3v) is 12.3. The van der Waals surface area contributed by atoms with Crippen molar-refractivity contribution in [1.82, 2.24) is 25.1 Å². The van der Waals surface area contributed by atoms with Crippen LogP contribution in [0.5, 0.6) is 5.75 Å². The number of benzene rings is 2. The van der Waals surface area contributed by atoms with Gasteiger partial charge in [0.15, 0.2) is 11.6 Å². The van der Waals surface area contributed by atoms with Gasteiger partial charge in [0.25, 0.3) is 11.8 Å². The van der Waals surface area contributed by atoms with Gasteiger partial charge in [-0.05, 0) is 85.9 Å². The van der Waals surface area contributed by atoms with E-state index in [4.69, 9.17) is 19.1 Å². The molecule has 2 N–H and O–H groups in total. The number of rotatable bonds is 8. The zero-order valence-corrected chi connectivity index (χ0v) is 28.2. The van der Waals surface area contributed by atoms with Crippen molar-refractivity contribution in [3.8, 4) is 27.6 Å². The molecule has 7 heterocycles. The van der Waals surface area contributed by atoms with Gasteiger partial charge in [-0.2, -0.15) is 0 Å². The van der Waals surface area contributed by atoms with E-state index in [9.17, 15) is 18.4 Å². The highest BCUT2D eigenvalue weighted by atomic mass is 32.1. The van der Waals surface area contributed by atoms with Crippen LogP contribution in [0.25, 0.3) is 32.1 Å². The van der Waals surface area contributed by atoms with Crippen molar-refractivity contribution in [3.63, 3.8) is 0 Å². The van der Waals surface area contributed by atoms with Crippen molar-refractivity contribution >= 4 is 33.1 Å². The third kappa shape index (κ3) is 4.46. The second-order valence-electron chi connectivity index (χ2n) is 13.9. The summed E-state index contributed by atoms with van der Waals surface area (Å²) in [5.41, 5.74) is 6.97. The average Bonchev–Trinajstić information content (AvgIpc) is 3.96. The molecule has 11 rings (SSSR count). The van der Waals surface area contributed by atoms with Gasteiger partial charge in [0.05, 0.1) is 57.1 Å². The predicted octanol–water partition coefficient (Wildman–Crippen LogP) is 6.95. The number of fused-ring (bicyclic) bond motifs is 3. The second-order valence-corrected chi connectivity index (χ2v) is 14.9. The summed E-state index contributed by atoms with van der Waals surface area (Å²) in [7, 11) is 1.49. The Hall–Kier alpha value is -5.43. The lowest BCUT2D eigenvalue weighted by molar-refractivity contribution is 0.0637. The van der Waals surface area contributed by atoms with Crippen LogP contribution in [-0.2, 0) is 24.8 Å². The van der Waals surface area contributed by atoms with Gasteiger partial charge in [0, 0.05) is 28.7 Å². The minimum absolute atomic E-state index is 0.0516. The molecule has 256 valence electrons. The van der Waals surface area contributed by atoms with Crippen LogP contribution in [0.1, 0.15) is 63.7 Å². The molecule has 13 heteroatoms. The number of hydrogen-bond acceptors (Lipinski definition) is 9. The van der Waals surface area contributed by atoms with E-state index in [1.807, 2.05) is 23.1 Å². The topological polar surface area (TPSA) is 126 Å². The summed E-state index contributed by atoms with van der Waals surface area (Å²) in [6, 6.07) is 13.4. The maximum atomic E-state index is 14.5. The SMILES string of the molecule is COc1c(F)ccc2c1CC[C@@H]2Nc1ccnc2cc(-c3c4c(nc(CCc5ccc(F)cc5)c3-c3n[nH]c(=O)o3)C35CC(CN3C4=O)C5)sc12. The summed E-state index contributed by atoms with van der Waals surface area (Å²) in [6.07, 6.45) is 5.91. The number of nitrogens with zero attached hydrogens (tertiary/aromatic N) is 4. The molecule has 2 bridgehead atoms. The summed E-state index contributed by atoms with van der Waals surface area (Å²) >= 11 is 1.49. The molecule has 51 heavy (non-hydrogen) atoms. The molecule has 1 spiro atoms. The number of nitrogens with one attached hydrogen (secondary N) is 2.